The molecular weight excluding hydrogens is 163 g/mol. The van der Waals surface area contributed by atoms with Gasteiger partial charge in [-0.05, 0) is 6.92 Å². The molecule has 4 nitrogen and oxygen atoms in total. The number of alkyl halides is 1. The maximum absolute atomic E-state index is 12.1. The van der Waals surface area contributed by atoms with Gasteiger partial charge in [0, 0.05) is 6.61 Å². The number of hydrogen-bond donors (Lipinski definition) is 1. The second kappa shape index (κ2) is 3.85. The molecule has 0 saturated carbocycles. The Morgan fingerprint density at radius 2 is 2.20 bits per heavy atom. The van der Waals surface area contributed by atoms with Crippen LogP contribution < -0.4 is 0 Å². The van der Waals surface area contributed by atoms with Crippen LogP contribution in [0.15, 0.2) is 0 Å². The molecule has 0 aliphatic heterocycles. The first-order chi connectivity index (χ1) is 4.48. The molecule has 0 fully saturated rings. The molecule has 0 spiro atoms. The summed E-state index contributed by atoms with van der Waals surface area (Å²) >= 11 is 0. The molecule has 1 N–H and O–H groups in total. The molecule has 1 atom stereocenters. The number of rotatable bonds is 4. The average Bonchev–Trinajstić information content (AvgIpc) is 1.80. The Labute approximate surface area is 58.7 Å². The van der Waals surface area contributed by atoms with Crippen molar-refractivity contribution >= 4 is 10.1 Å². The van der Waals surface area contributed by atoms with Crippen LogP contribution >= 0.6 is 0 Å². The summed E-state index contributed by atoms with van der Waals surface area (Å²) < 4.78 is 44.4. The third-order valence-electron chi connectivity index (χ3n) is 0.776. The molecule has 62 valence electrons. The molecule has 6 heteroatoms. The van der Waals surface area contributed by atoms with Crippen LogP contribution in [0, 0.1) is 0 Å². The van der Waals surface area contributed by atoms with Gasteiger partial charge in [0.05, 0.1) is 6.61 Å². The number of ether oxygens (including phenoxy) is 1. The van der Waals surface area contributed by atoms with E-state index >= 15 is 0 Å². The van der Waals surface area contributed by atoms with Gasteiger partial charge in [-0.15, -0.1) is 0 Å². The van der Waals surface area contributed by atoms with Gasteiger partial charge in [0.15, 0.2) is 0 Å². The van der Waals surface area contributed by atoms with Gasteiger partial charge in [-0.2, -0.15) is 8.42 Å². The fourth-order valence-corrected chi connectivity index (χ4v) is 0.565. The predicted molar refractivity (Wildman–Crippen MR) is 32.9 cm³/mol. The van der Waals surface area contributed by atoms with Crippen molar-refractivity contribution < 1.29 is 22.1 Å². The molecule has 1 unspecified atom stereocenters. The lowest BCUT2D eigenvalue weighted by molar-refractivity contribution is 0.114. The van der Waals surface area contributed by atoms with Gasteiger partial charge in [-0.1, -0.05) is 0 Å². The second-order valence-electron chi connectivity index (χ2n) is 1.58. The van der Waals surface area contributed by atoms with Crippen LogP contribution in [0.25, 0.3) is 0 Å². The molecule has 0 aliphatic rings. The summed E-state index contributed by atoms with van der Waals surface area (Å²) in [6.07, 6.45) is 0. The number of hydrogen-bond acceptors (Lipinski definition) is 3. The maximum Gasteiger partial charge on any atom is 0.299 e. The lowest BCUT2D eigenvalue weighted by Crippen LogP contribution is -2.20. The fourth-order valence-electron chi connectivity index (χ4n) is 0.296. The summed E-state index contributed by atoms with van der Waals surface area (Å²) in [5.74, 6) is 0. The first kappa shape index (κ1) is 9.80. The van der Waals surface area contributed by atoms with E-state index in [-0.39, 0.29) is 6.61 Å². The normalized spacial score (nSPS) is 15.1. The zero-order valence-electron chi connectivity index (χ0n) is 5.45. The highest BCUT2D eigenvalue weighted by molar-refractivity contribution is 7.86. The van der Waals surface area contributed by atoms with Gasteiger partial charge < -0.3 is 4.74 Å². The molecule has 0 heterocycles. The fraction of sp³-hybridized carbons (Fsp3) is 1.00. The van der Waals surface area contributed by atoms with Crippen LogP contribution in [0.1, 0.15) is 6.92 Å². The van der Waals surface area contributed by atoms with E-state index < -0.39 is 22.2 Å². The molecule has 0 radical (unpaired) electrons. The molecular formula is C4H9FO4S. The van der Waals surface area contributed by atoms with Crippen LogP contribution in [0.2, 0.25) is 0 Å². The molecule has 0 bridgehead atoms. The van der Waals surface area contributed by atoms with Gasteiger partial charge in [-0.3, -0.25) is 4.55 Å². The maximum atomic E-state index is 12.1. The van der Waals surface area contributed by atoms with Crippen LogP contribution in [0.4, 0.5) is 4.39 Å². The van der Waals surface area contributed by atoms with Crippen molar-refractivity contribution in [3.05, 3.63) is 0 Å². The van der Waals surface area contributed by atoms with Crippen molar-refractivity contribution in [2.75, 3.05) is 13.2 Å². The Kier molecular flexibility index (Phi) is 3.77. The van der Waals surface area contributed by atoms with Crippen LogP contribution in [-0.2, 0) is 14.9 Å². The number of halogens is 1. The van der Waals surface area contributed by atoms with Gasteiger partial charge in [0.2, 0.25) is 5.50 Å². The Bertz CT molecular complexity index is 176. The minimum atomic E-state index is -4.57. The molecule has 10 heavy (non-hydrogen) atoms. The summed E-state index contributed by atoms with van der Waals surface area (Å²) in [5.41, 5.74) is -2.33. The Hall–Kier alpha value is -0.200. The van der Waals surface area contributed by atoms with E-state index in [1.54, 1.807) is 6.92 Å². The van der Waals surface area contributed by atoms with Crippen LogP contribution in [0.3, 0.4) is 0 Å². The molecule has 0 aromatic carbocycles. The van der Waals surface area contributed by atoms with E-state index in [1.165, 1.54) is 0 Å². The highest BCUT2D eigenvalue weighted by Crippen LogP contribution is 1.99. The zero-order valence-corrected chi connectivity index (χ0v) is 6.27. The van der Waals surface area contributed by atoms with Crippen molar-refractivity contribution in [3.63, 3.8) is 0 Å². The highest BCUT2D eigenvalue weighted by Gasteiger charge is 2.21. The van der Waals surface area contributed by atoms with Gasteiger partial charge in [-0.25, -0.2) is 4.39 Å². The highest BCUT2D eigenvalue weighted by atomic mass is 32.2. The molecule has 0 aromatic heterocycles. The first-order valence-corrected chi connectivity index (χ1v) is 4.17. The van der Waals surface area contributed by atoms with E-state index in [0.717, 1.165) is 0 Å². The topological polar surface area (TPSA) is 63.6 Å². The van der Waals surface area contributed by atoms with Crippen LogP contribution in [-0.4, -0.2) is 31.7 Å². The van der Waals surface area contributed by atoms with Crippen molar-refractivity contribution in [2.24, 2.45) is 0 Å². The third kappa shape index (κ3) is 3.76. The van der Waals surface area contributed by atoms with E-state index in [1.807, 2.05) is 0 Å². The van der Waals surface area contributed by atoms with E-state index in [4.69, 9.17) is 4.55 Å². The van der Waals surface area contributed by atoms with Crippen molar-refractivity contribution in [1.29, 1.82) is 0 Å². The third-order valence-corrected chi connectivity index (χ3v) is 1.56. The second-order valence-corrected chi connectivity index (χ2v) is 3.13. The van der Waals surface area contributed by atoms with Crippen LogP contribution in [0.5, 0.6) is 0 Å². The standard InChI is InChI=1S/C4H9FO4S/c1-2-9-3-4(5)10(6,7)8/h4H,2-3H2,1H3,(H,6,7,8). The van der Waals surface area contributed by atoms with Gasteiger partial charge in [0.1, 0.15) is 0 Å². The lowest BCUT2D eigenvalue weighted by Gasteiger charge is -2.02. The van der Waals surface area contributed by atoms with Crippen molar-refractivity contribution in [2.45, 2.75) is 12.4 Å². The monoisotopic (exact) mass is 172 g/mol. The summed E-state index contributed by atoms with van der Waals surface area (Å²) in [6, 6.07) is 0. The minimum Gasteiger partial charge on any atom is -0.377 e. The Morgan fingerprint density at radius 1 is 1.70 bits per heavy atom. The smallest absolute Gasteiger partial charge is 0.299 e. The van der Waals surface area contributed by atoms with Crippen molar-refractivity contribution in [3.8, 4) is 0 Å². The summed E-state index contributed by atoms with van der Waals surface area (Å²) in [7, 11) is -4.57. The minimum absolute atomic E-state index is 0.218. The van der Waals surface area contributed by atoms with E-state index in [0.29, 0.717) is 0 Å². The first-order valence-electron chi connectivity index (χ1n) is 2.66. The predicted octanol–water partition coefficient (Wildman–Crippen LogP) is 0.206. The summed E-state index contributed by atoms with van der Waals surface area (Å²) in [4.78, 5) is 0. The Balaban J connectivity index is 3.75. The molecule has 0 aromatic rings. The SMILES string of the molecule is CCOCC(F)S(=O)(=O)O. The largest absolute Gasteiger partial charge is 0.377 e. The molecule has 0 rings (SSSR count). The van der Waals surface area contributed by atoms with E-state index in [2.05, 4.69) is 4.74 Å². The quantitative estimate of drug-likeness (QED) is 0.615. The van der Waals surface area contributed by atoms with Gasteiger partial charge in [0.25, 0.3) is 10.1 Å². The lowest BCUT2D eigenvalue weighted by atomic mass is 10.8. The van der Waals surface area contributed by atoms with E-state index in [9.17, 15) is 12.8 Å². The summed E-state index contributed by atoms with van der Waals surface area (Å²) in [6.45, 7) is 1.20. The molecule has 0 amide bonds. The zero-order chi connectivity index (χ0) is 8.20. The average molecular weight is 172 g/mol. The summed E-state index contributed by atoms with van der Waals surface area (Å²) in [5, 5.41) is 0. The Morgan fingerprint density at radius 3 is 2.50 bits per heavy atom. The molecule has 0 saturated heterocycles. The van der Waals surface area contributed by atoms with Crippen molar-refractivity contribution in [1.82, 2.24) is 0 Å². The molecule has 0 aliphatic carbocycles. The van der Waals surface area contributed by atoms with Gasteiger partial charge >= 0.3 is 0 Å².